The zero-order valence-corrected chi connectivity index (χ0v) is 9.78. The SMILES string of the molecule is Cc1nc(-c2ccccc2Cl)nc(O)c1C. The van der Waals surface area contributed by atoms with Gasteiger partial charge in [0, 0.05) is 16.8 Å². The first-order valence-corrected chi connectivity index (χ1v) is 5.26. The molecule has 1 aromatic carbocycles. The monoisotopic (exact) mass is 234 g/mol. The fraction of sp³-hybridized carbons (Fsp3) is 0.167. The molecule has 0 bridgehead atoms. The molecule has 0 saturated carbocycles. The smallest absolute Gasteiger partial charge is 0.217 e. The van der Waals surface area contributed by atoms with E-state index in [0.29, 0.717) is 16.4 Å². The Kier molecular flexibility index (Phi) is 2.79. The molecule has 4 heteroatoms. The van der Waals surface area contributed by atoms with Gasteiger partial charge in [0.25, 0.3) is 0 Å². The summed E-state index contributed by atoms with van der Waals surface area (Å²) < 4.78 is 0. The second-order valence-electron chi connectivity index (χ2n) is 3.56. The number of rotatable bonds is 1. The quantitative estimate of drug-likeness (QED) is 0.825. The van der Waals surface area contributed by atoms with Crippen LogP contribution >= 0.6 is 11.6 Å². The van der Waals surface area contributed by atoms with Crippen LogP contribution in [0.25, 0.3) is 11.4 Å². The number of aromatic nitrogens is 2. The van der Waals surface area contributed by atoms with Crippen molar-refractivity contribution in [2.75, 3.05) is 0 Å². The maximum atomic E-state index is 9.64. The summed E-state index contributed by atoms with van der Waals surface area (Å²) in [5.41, 5.74) is 2.17. The normalized spacial score (nSPS) is 10.4. The number of aromatic hydroxyl groups is 1. The van der Waals surface area contributed by atoms with Crippen molar-refractivity contribution in [1.82, 2.24) is 9.97 Å². The number of hydrogen-bond acceptors (Lipinski definition) is 3. The Bertz CT molecular complexity index is 517. The van der Waals surface area contributed by atoms with Crippen LogP contribution in [0.15, 0.2) is 24.3 Å². The Balaban J connectivity index is 2.62. The van der Waals surface area contributed by atoms with Gasteiger partial charge in [0.05, 0.1) is 5.02 Å². The van der Waals surface area contributed by atoms with Crippen LogP contribution in [0, 0.1) is 13.8 Å². The van der Waals surface area contributed by atoms with E-state index in [4.69, 9.17) is 11.6 Å². The molecule has 0 radical (unpaired) electrons. The lowest BCUT2D eigenvalue weighted by atomic mass is 10.2. The van der Waals surface area contributed by atoms with Crippen LogP contribution in [0.4, 0.5) is 0 Å². The van der Waals surface area contributed by atoms with Crippen LogP contribution in [-0.4, -0.2) is 15.1 Å². The van der Waals surface area contributed by atoms with E-state index in [1.54, 1.807) is 13.0 Å². The minimum absolute atomic E-state index is 0.00224. The number of nitrogens with zero attached hydrogens (tertiary/aromatic N) is 2. The summed E-state index contributed by atoms with van der Waals surface area (Å²) in [5.74, 6) is 0.452. The predicted molar refractivity (Wildman–Crippen MR) is 63.6 cm³/mol. The van der Waals surface area contributed by atoms with Gasteiger partial charge in [-0.1, -0.05) is 23.7 Å². The van der Waals surface area contributed by atoms with Crippen molar-refractivity contribution in [2.45, 2.75) is 13.8 Å². The van der Waals surface area contributed by atoms with Gasteiger partial charge in [-0.3, -0.25) is 0 Å². The van der Waals surface area contributed by atoms with Crippen molar-refractivity contribution in [3.05, 3.63) is 40.5 Å². The fourth-order valence-electron chi connectivity index (χ4n) is 1.38. The highest BCUT2D eigenvalue weighted by atomic mass is 35.5. The number of hydrogen-bond donors (Lipinski definition) is 1. The first-order chi connectivity index (χ1) is 7.59. The number of benzene rings is 1. The third-order valence-electron chi connectivity index (χ3n) is 2.48. The summed E-state index contributed by atoms with van der Waals surface area (Å²) in [4.78, 5) is 8.33. The Morgan fingerprint density at radius 1 is 1.12 bits per heavy atom. The maximum Gasteiger partial charge on any atom is 0.217 e. The summed E-state index contributed by atoms with van der Waals surface area (Å²) in [6, 6.07) is 7.29. The largest absolute Gasteiger partial charge is 0.493 e. The van der Waals surface area contributed by atoms with Gasteiger partial charge in [-0.2, -0.15) is 4.98 Å². The predicted octanol–water partition coefficient (Wildman–Crippen LogP) is 3.12. The summed E-state index contributed by atoms with van der Waals surface area (Å²) in [6.07, 6.45) is 0. The number of halogens is 1. The van der Waals surface area contributed by atoms with Gasteiger partial charge in [0.2, 0.25) is 5.88 Å². The Morgan fingerprint density at radius 3 is 2.44 bits per heavy atom. The molecule has 0 unspecified atom stereocenters. The van der Waals surface area contributed by atoms with Gasteiger partial charge in [-0.05, 0) is 26.0 Å². The Morgan fingerprint density at radius 2 is 1.81 bits per heavy atom. The van der Waals surface area contributed by atoms with Crippen LogP contribution in [0.3, 0.4) is 0 Å². The first kappa shape index (κ1) is 10.9. The molecule has 0 aliphatic heterocycles. The third kappa shape index (κ3) is 1.86. The molecule has 2 rings (SSSR count). The van der Waals surface area contributed by atoms with Crippen molar-refractivity contribution < 1.29 is 5.11 Å². The van der Waals surface area contributed by atoms with E-state index >= 15 is 0 Å². The van der Waals surface area contributed by atoms with Crippen LogP contribution in [0.1, 0.15) is 11.3 Å². The first-order valence-electron chi connectivity index (χ1n) is 4.88. The van der Waals surface area contributed by atoms with E-state index in [2.05, 4.69) is 9.97 Å². The van der Waals surface area contributed by atoms with Crippen LogP contribution in [0.5, 0.6) is 5.88 Å². The van der Waals surface area contributed by atoms with Crippen molar-refractivity contribution in [3.8, 4) is 17.3 Å². The van der Waals surface area contributed by atoms with Crippen LogP contribution in [-0.2, 0) is 0 Å². The van der Waals surface area contributed by atoms with Gasteiger partial charge in [0.15, 0.2) is 5.82 Å². The second-order valence-corrected chi connectivity index (χ2v) is 3.97. The van der Waals surface area contributed by atoms with Crippen molar-refractivity contribution in [2.24, 2.45) is 0 Å². The molecule has 1 heterocycles. The Labute approximate surface area is 98.8 Å². The summed E-state index contributed by atoms with van der Waals surface area (Å²) in [5, 5.41) is 10.2. The second kappa shape index (κ2) is 4.10. The standard InChI is InChI=1S/C12H11ClN2O/c1-7-8(2)14-11(15-12(7)16)9-5-3-4-6-10(9)13/h3-6H,1-2H3,(H,14,15,16). The summed E-state index contributed by atoms with van der Waals surface area (Å²) >= 11 is 6.04. The molecule has 1 N–H and O–H groups in total. The number of aryl methyl sites for hydroxylation is 1. The molecule has 0 amide bonds. The Hall–Kier alpha value is -1.61. The van der Waals surface area contributed by atoms with Crippen molar-refractivity contribution >= 4 is 11.6 Å². The molecule has 0 aliphatic rings. The lowest BCUT2D eigenvalue weighted by Gasteiger charge is -2.06. The molecular weight excluding hydrogens is 224 g/mol. The average Bonchev–Trinajstić information content (AvgIpc) is 2.26. The molecule has 0 saturated heterocycles. The van der Waals surface area contributed by atoms with Crippen molar-refractivity contribution in [1.29, 1.82) is 0 Å². The maximum absolute atomic E-state index is 9.64. The molecule has 2 aromatic rings. The lowest BCUT2D eigenvalue weighted by molar-refractivity contribution is 0.447. The molecular formula is C12H11ClN2O. The van der Waals surface area contributed by atoms with E-state index in [1.165, 1.54) is 0 Å². The molecule has 3 nitrogen and oxygen atoms in total. The fourth-order valence-corrected chi connectivity index (χ4v) is 1.60. The zero-order chi connectivity index (χ0) is 11.7. The topological polar surface area (TPSA) is 46.0 Å². The minimum Gasteiger partial charge on any atom is -0.493 e. The third-order valence-corrected chi connectivity index (χ3v) is 2.81. The van der Waals surface area contributed by atoms with Crippen molar-refractivity contribution in [3.63, 3.8) is 0 Å². The highest BCUT2D eigenvalue weighted by Crippen LogP contribution is 2.27. The van der Waals surface area contributed by atoms with Gasteiger partial charge in [-0.15, -0.1) is 0 Å². The summed E-state index contributed by atoms with van der Waals surface area (Å²) in [6.45, 7) is 3.61. The van der Waals surface area contributed by atoms with E-state index in [0.717, 1.165) is 11.3 Å². The highest BCUT2D eigenvalue weighted by Gasteiger charge is 2.10. The molecule has 0 fully saturated rings. The molecule has 0 spiro atoms. The van der Waals surface area contributed by atoms with Crippen LogP contribution < -0.4 is 0 Å². The van der Waals surface area contributed by atoms with Gasteiger partial charge >= 0.3 is 0 Å². The molecule has 0 atom stereocenters. The molecule has 1 aromatic heterocycles. The molecule has 82 valence electrons. The van der Waals surface area contributed by atoms with Gasteiger partial charge in [-0.25, -0.2) is 4.98 Å². The van der Waals surface area contributed by atoms with E-state index in [9.17, 15) is 5.11 Å². The van der Waals surface area contributed by atoms with Gasteiger partial charge in [0.1, 0.15) is 0 Å². The summed E-state index contributed by atoms with van der Waals surface area (Å²) in [7, 11) is 0. The van der Waals surface area contributed by atoms with Gasteiger partial charge < -0.3 is 5.11 Å². The average molecular weight is 235 g/mol. The lowest BCUT2D eigenvalue weighted by Crippen LogP contribution is -1.96. The molecule has 16 heavy (non-hydrogen) atoms. The highest BCUT2D eigenvalue weighted by molar-refractivity contribution is 6.33. The van der Waals surface area contributed by atoms with Crippen LogP contribution in [0.2, 0.25) is 5.02 Å². The van der Waals surface area contributed by atoms with E-state index in [-0.39, 0.29) is 5.88 Å². The van der Waals surface area contributed by atoms with E-state index < -0.39 is 0 Å². The van der Waals surface area contributed by atoms with E-state index in [1.807, 2.05) is 25.1 Å². The minimum atomic E-state index is 0.00224. The molecule has 0 aliphatic carbocycles. The zero-order valence-electron chi connectivity index (χ0n) is 9.03.